The van der Waals surface area contributed by atoms with Gasteiger partial charge < -0.3 is 8.92 Å². The molecule has 1 aromatic carbocycles. The fourth-order valence-electron chi connectivity index (χ4n) is 6.60. The molecule has 1 aromatic rings. The fraction of sp³-hybridized carbons (Fsp3) is 0.667. The normalized spacial score (nSPS) is 34.1. The van der Waals surface area contributed by atoms with Gasteiger partial charge in [0.05, 0.1) is 6.10 Å². The molecule has 0 aliphatic heterocycles. The van der Waals surface area contributed by atoms with Crippen LogP contribution in [-0.4, -0.2) is 28.0 Å². The molecule has 3 aliphatic carbocycles. The number of rotatable bonds is 6. The van der Waals surface area contributed by atoms with Crippen molar-refractivity contribution >= 4 is 16.7 Å². The lowest BCUT2D eigenvalue weighted by Crippen LogP contribution is -2.46. The van der Waals surface area contributed by atoms with Crippen LogP contribution in [0, 0.1) is 17.3 Å². The van der Waals surface area contributed by atoms with E-state index in [1.807, 2.05) is 19.2 Å². The molecule has 0 saturated heterocycles. The van der Waals surface area contributed by atoms with E-state index in [0.29, 0.717) is 29.3 Å². The first kappa shape index (κ1) is 19.7. The summed E-state index contributed by atoms with van der Waals surface area (Å²) in [5.74, 6) is 2.17. The number of hydrogen-bond acceptors (Lipinski definition) is 5. The van der Waals surface area contributed by atoms with E-state index < -0.39 is 10.3 Å². The molecule has 7 heteroatoms. The smallest absolute Gasteiger partial charge is 0.381 e. The van der Waals surface area contributed by atoms with Crippen molar-refractivity contribution in [1.29, 1.82) is 0 Å². The Morgan fingerprint density at radius 3 is 2.79 bits per heavy atom. The molecule has 0 aromatic heterocycles. The predicted octanol–water partition coefficient (Wildman–Crippen LogP) is 3.32. The SMILES string of the molecule is CCC12CCC3c4ccc(OS(=O)(=O)NC=O)cc4CCC3C1CCC2OC. The Hall–Kier alpha value is -1.60. The third-order valence-electron chi connectivity index (χ3n) is 7.68. The second kappa shape index (κ2) is 7.34. The van der Waals surface area contributed by atoms with Gasteiger partial charge in [-0.1, -0.05) is 13.0 Å². The average molecular weight is 408 g/mol. The molecule has 5 unspecified atom stereocenters. The number of fused-ring (bicyclic) bond motifs is 5. The van der Waals surface area contributed by atoms with Gasteiger partial charge in [-0.05, 0) is 91.4 Å². The van der Waals surface area contributed by atoms with E-state index in [1.165, 1.54) is 36.8 Å². The molecule has 2 saturated carbocycles. The molecule has 1 N–H and O–H groups in total. The van der Waals surface area contributed by atoms with Gasteiger partial charge in [-0.15, -0.1) is 0 Å². The molecule has 6 nitrogen and oxygen atoms in total. The fourth-order valence-corrected chi connectivity index (χ4v) is 7.12. The van der Waals surface area contributed by atoms with Crippen molar-refractivity contribution in [2.75, 3.05) is 7.11 Å². The molecule has 1 amide bonds. The zero-order valence-corrected chi connectivity index (χ0v) is 17.3. The van der Waals surface area contributed by atoms with Crippen molar-refractivity contribution in [3.05, 3.63) is 29.3 Å². The molecule has 4 rings (SSSR count). The summed E-state index contributed by atoms with van der Waals surface area (Å²) in [5, 5.41) is 0. The van der Waals surface area contributed by atoms with E-state index in [1.54, 1.807) is 10.8 Å². The highest BCUT2D eigenvalue weighted by molar-refractivity contribution is 7.85. The molecule has 0 spiro atoms. The second-order valence-corrected chi connectivity index (χ2v) is 9.79. The molecule has 3 aliphatic rings. The third-order valence-corrected chi connectivity index (χ3v) is 8.47. The first-order chi connectivity index (χ1) is 13.4. The number of amides is 1. The van der Waals surface area contributed by atoms with E-state index in [4.69, 9.17) is 8.92 Å². The van der Waals surface area contributed by atoms with E-state index in [2.05, 4.69) is 6.92 Å². The van der Waals surface area contributed by atoms with Crippen molar-refractivity contribution in [2.45, 2.75) is 63.9 Å². The molecule has 0 bridgehead atoms. The van der Waals surface area contributed by atoms with Crippen LogP contribution >= 0.6 is 0 Å². The summed E-state index contributed by atoms with van der Waals surface area (Å²) in [7, 11) is -2.24. The summed E-state index contributed by atoms with van der Waals surface area (Å²) < 4.78 is 35.9. The van der Waals surface area contributed by atoms with Crippen LogP contribution in [0.2, 0.25) is 0 Å². The van der Waals surface area contributed by atoms with Crippen LogP contribution in [0.4, 0.5) is 0 Å². The molecule has 2 fully saturated rings. The van der Waals surface area contributed by atoms with E-state index >= 15 is 0 Å². The minimum atomic E-state index is -4.10. The Morgan fingerprint density at radius 1 is 1.25 bits per heavy atom. The van der Waals surface area contributed by atoms with Gasteiger partial charge in [0.2, 0.25) is 6.41 Å². The summed E-state index contributed by atoms with van der Waals surface area (Å²) in [6, 6.07) is 5.56. The highest BCUT2D eigenvalue weighted by Crippen LogP contribution is 2.63. The predicted molar refractivity (Wildman–Crippen MR) is 105 cm³/mol. The second-order valence-electron chi connectivity index (χ2n) is 8.48. The van der Waals surface area contributed by atoms with Crippen LogP contribution in [0.5, 0.6) is 5.75 Å². The van der Waals surface area contributed by atoms with Crippen LogP contribution in [0.25, 0.3) is 0 Å². The van der Waals surface area contributed by atoms with Crippen molar-refractivity contribution < 1.29 is 22.1 Å². The standard InChI is InChI=1S/C21H29NO5S/c1-3-21-11-10-17-16-7-5-15(27-28(24,25)22-13-23)12-14(16)4-6-18(17)19(21)8-9-20(21)26-2/h5,7,12-13,17-20H,3-4,6,8-11H2,1-2H3,(H,22,23). The van der Waals surface area contributed by atoms with Crippen LogP contribution in [0.3, 0.4) is 0 Å². The quantitative estimate of drug-likeness (QED) is 0.732. The highest BCUT2D eigenvalue weighted by Gasteiger charge is 2.56. The zero-order chi connectivity index (χ0) is 19.9. The Bertz CT molecular complexity index is 854. The topological polar surface area (TPSA) is 81.7 Å². The Balaban J connectivity index is 1.59. The number of methoxy groups -OCH3 is 1. The number of carbonyl (C=O) groups is 1. The van der Waals surface area contributed by atoms with Crippen molar-refractivity contribution in [3.8, 4) is 5.75 Å². The first-order valence-electron chi connectivity index (χ1n) is 10.2. The van der Waals surface area contributed by atoms with Gasteiger partial charge in [0.1, 0.15) is 5.75 Å². The van der Waals surface area contributed by atoms with Gasteiger partial charge >= 0.3 is 10.3 Å². The van der Waals surface area contributed by atoms with Crippen LogP contribution in [-0.2, 0) is 26.3 Å². The summed E-state index contributed by atoms with van der Waals surface area (Å²) in [4.78, 5) is 10.4. The lowest BCUT2D eigenvalue weighted by Gasteiger charge is -2.52. The Morgan fingerprint density at radius 2 is 2.07 bits per heavy atom. The van der Waals surface area contributed by atoms with Gasteiger partial charge in [0, 0.05) is 7.11 Å². The minimum Gasteiger partial charge on any atom is -0.381 e. The molecule has 28 heavy (non-hydrogen) atoms. The minimum absolute atomic E-state index is 0.106. The van der Waals surface area contributed by atoms with E-state index in [0.717, 1.165) is 19.3 Å². The summed E-state index contributed by atoms with van der Waals surface area (Å²) in [6.07, 6.45) is 8.51. The van der Waals surface area contributed by atoms with Gasteiger partial charge in [0.15, 0.2) is 0 Å². The number of benzene rings is 1. The lowest BCUT2D eigenvalue weighted by molar-refractivity contribution is -0.108. The first-order valence-corrected chi connectivity index (χ1v) is 11.7. The number of carbonyl (C=O) groups excluding carboxylic acids is 1. The Kier molecular flexibility index (Phi) is 5.16. The average Bonchev–Trinajstić information content (AvgIpc) is 3.06. The highest BCUT2D eigenvalue weighted by atomic mass is 32.2. The maximum Gasteiger partial charge on any atom is 0.409 e. The van der Waals surface area contributed by atoms with Crippen LogP contribution < -0.4 is 8.91 Å². The Labute approximate surface area is 167 Å². The van der Waals surface area contributed by atoms with Gasteiger partial charge in [-0.2, -0.15) is 8.42 Å². The van der Waals surface area contributed by atoms with Crippen LogP contribution in [0.15, 0.2) is 18.2 Å². The monoisotopic (exact) mass is 407 g/mol. The van der Waals surface area contributed by atoms with Crippen molar-refractivity contribution in [1.82, 2.24) is 4.72 Å². The number of aryl methyl sites for hydroxylation is 1. The molecule has 0 radical (unpaired) electrons. The summed E-state index contributed by atoms with van der Waals surface area (Å²) in [5.41, 5.74) is 2.84. The van der Waals surface area contributed by atoms with Gasteiger partial charge in [0.25, 0.3) is 0 Å². The van der Waals surface area contributed by atoms with Gasteiger partial charge in [-0.3, -0.25) is 4.79 Å². The zero-order valence-electron chi connectivity index (χ0n) is 16.5. The molecule has 0 heterocycles. The maximum atomic E-state index is 11.7. The lowest BCUT2D eigenvalue weighted by atomic mass is 9.54. The largest absolute Gasteiger partial charge is 0.409 e. The summed E-state index contributed by atoms with van der Waals surface area (Å²) >= 11 is 0. The molecular weight excluding hydrogens is 378 g/mol. The van der Waals surface area contributed by atoms with Crippen LogP contribution in [0.1, 0.15) is 62.5 Å². The summed E-state index contributed by atoms with van der Waals surface area (Å²) in [6.45, 7) is 2.32. The van der Waals surface area contributed by atoms with E-state index in [9.17, 15) is 13.2 Å². The maximum absolute atomic E-state index is 11.7. The molecule has 154 valence electrons. The van der Waals surface area contributed by atoms with Gasteiger partial charge in [-0.25, -0.2) is 4.72 Å². The molecule has 5 atom stereocenters. The third kappa shape index (κ3) is 3.12. The van der Waals surface area contributed by atoms with E-state index in [-0.39, 0.29) is 12.2 Å². The number of hydrogen-bond donors (Lipinski definition) is 1. The number of nitrogens with one attached hydrogen (secondary N) is 1. The van der Waals surface area contributed by atoms with Crippen molar-refractivity contribution in [3.63, 3.8) is 0 Å². The van der Waals surface area contributed by atoms with Crippen molar-refractivity contribution in [2.24, 2.45) is 17.3 Å². The number of ether oxygens (including phenoxy) is 1. The molecular formula is C21H29NO5S.